The second-order valence-corrected chi connectivity index (χ2v) is 3.83. The van der Waals surface area contributed by atoms with Gasteiger partial charge in [0.25, 0.3) is 0 Å². The van der Waals surface area contributed by atoms with E-state index >= 15 is 0 Å². The van der Waals surface area contributed by atoms with Crippen LogP contribution in [-0.2, 0) is 0 Å². The Kier molecular flexibility index (Phi) is 2.60. The molecule has 76 valence electrons. The van der Waals surface area contributed by atoms with Gasteiger partial charge in [-0.1, -0.05) is 29.7 Å². The number of hydrogen-bond acceptors (Lipinski definition) is 2. The van der Waals surface area contributed by atoms with E-state index in [1.165, 1.54) is 5.46 Å². The molecule has 0 aliphatic carbocycles. The minimum atomic E-state index is -0.0523. The van der Waals surface area contributed by atoms with Gasteiger partial charge in [-0.05, 0) is 6.92 Å². The fourth-order valence-corrected chi connectivity index (χ4v) is 1.52. The molecule has 1 aromatic heterocycles. The van der Waals surface area contributed by atoms with Crippen LogP contribution in [-0.4, -0.2) is 17.8 Å². The number of aromatic nitrogens is 2. The quantitative estimate of drug-likeness (QED) is 0.686. The molecule has 0 fully saturated rings. The van der Waals surface area contributed by atoms with Crippen molar-refractivity contribution in [1.29, 1.82) is 0 Å². The number of benzene rings is 1. The Morgan fingerprint density at radius 3 is 2.87 bits per heavy atom. The Morgan fingerprint density at radius 2 is 2.27 bits per heavy atom. The molecule has 0 radical (unpaired) electrons. The van der Waals surface area contributed by atoms with Crippen molar-refractivity contribution in [3.63, 3.8) is 0 Å². The van der Waals surface area contributed by atoms with Crippen LogP contribution in [0, 0.1) is 0 Å². The Balaban J connectivity index is 2.37. The molecule has 0 amide bonds. The van der Waals surface area contributed by atoms with E-state index in [1.54, 1.807) is 0 Å². The normalized spacial score (nSPS) is 12.7. The van der Waals surface area contributed by atoms with Crippen LogP contribution in [0.25, 0.3) is 11.3 Å². The molecule has 0 aliphatic heterocycles. The van der Waals surface area contributed by atoms with Crippen molar-refractivity contribution in [3.8, 4) is 11.3 Å². The highest BCUT2D eigenvalue weighted by Crippen LogP contribution is 2.16. The van der Waals surface area contributed by atoms with Crippen LogP contribution in [0.1, 0.15) is 18.8 Å². The van der Waals surface area contributed by atoms with Crippen LogP contribution in [0.3, 0.4) is 0 Å². The maximum absolute atomic E-state index is 5.74. The van der Waals surface area contributed by atoms with Gasteiger partial charge in [0.05, 0.1) is 11.7 Å². The van der Waals surface area contributed by atoms with Crippen LogP contribution in [0.15, 0.2) is 30.5 Å². The van der Waals surface area contributed by atoms with E-state index in [0.717, 1.165) is 17.1 Å². The molecule has 1 heterocycles. The number of nitrogens with zero attached hydrogens (tertiary/aromatic N) is 1. The average molecular weight is 199 g/mol. The van der Waals surface area contributed by atoms with Gasteiger partial charge in [-0.3, -0.25) is 0 Å². The Hall–Kier alpha value is -1.55. The molecule has 1 aromatic carbocycles. The molecule has 0 saturated heterocycles. The second-order valence-electron chi connectivity index (χ2n) is 3.83. The summed E-state index contributed by atoms with van der Waals surface area (Å²) in [6.45, 7) is 1.92. The molecule has 2 rings (SSSR count). The lowest BCUT2D eigenvalue weighted by Gasteiger charge is -1.99. The first-order valence-corrected chi connectivity index (χ1v) is 5.05. The predicted octanol–water partition coefficient (Wildman–Crippen LogP) is 0.355. The minimum absolute atomic E-state index is 0.0523. The number of aromatic amines is 1. The summed E-state index contributed by atoms with van der Waals surface area (Å²) in [4.78, 5) is 7.53. The second kappa shape index (κ2) is 3.91. The van der Waals surface area contributed by atoms with E-state index in [-0.39, 0.29) is 6.04 Å². The minimum Gasteiger partial charge on any atom is -0.347 e. The average Bonchev–Trinajstić information content (AvgIpc) is 2.66. The largest absolute Gasteiger partial charge is 0.347 e. The molecule has 3 nitrogen and oxygen atoms in total. The van der Waals surface area contributed by atoms with Gasteiger partial charge in [0.2, 0.25) is 0 Å². The van der Waals surface area contributed by atoms with Crippen molar-refractivity contribution in [1.82, 2.24) is 9.97 Å². The zero-order chi connectivity index (χ0) is 10.8. The Morgan fingerprint density at radius 1 is 1.47 bits per heavy atom. The van der Waals surface area contributed by atoms with Crippen molar-refractivity contribution >= 4 is 13.3 Å². The molecule has 2 aromatic rings. The van der Waals surface area contributed by atoms with Gasteiger partial charge in [0.15, 0.2) is 0 Å². The molecule has 15 heavy (non-hydrogen) atoms. The standard InChI is InChI=1S/C11H14BN3/c1-7(13)11-14-6-10(15-11)8-3-2-4-9(12)5-8/h2-7H,12-13H2,1H3,(H,14,15). The van der Waals surface area contributed by atoms with Gasteiger partial charge < -0.3 is 10.7 Å². The summed E-state index contributed by atoms with van der Waals surface area (Å²) in [6, 6.07) is 8.21. The molecular formula is C11H14BN3. The zero-order valence-electron chi connectivity index (χ0n) is 8.99. The topological polar surface area (TPSA) is 54.7 Å². The van der Waals surface area contributed by atoms with E-state index in [0.29, 0.717) is 0 Å². The van der Waals surface area contributed by atoms with Crippen molar-refractivity contribution in [2.24, 2.45) is 5.73 Å². The van der Waals surface area contributed by atoms with Crippen LogP contribution in [0.5, 0.6) is 0 Å². The van der Waals surface area contributed by atoms with Crippen LogP contribution in [0.4, 0.5) is 0 Å². The molecule has 0 saturated carbocycles. The number of H-pyrrole nitrogens is 1. The Labute approximate surface area is 90.1 Å². The monoisotopic (exact) mass is 199 g/mol. The van der Waals surface area contributed by atoms with Crippen molar-refractivity contribution in [3.05, 3.63) is 36.3 Å². The van der Waals surface area contributed by atoms with Gasteiger partial charge in [-0.25, -0.2) is 4.98 Å². The third-order valence-corrected chi connectivity index (χ3v) is 2.34. The van der Waals surface area contributed by atoms with Gasteiger partial charge >= 0.3 is 0 Å². The highest BCUT2D eigenvalue weighted by Gasteiger charge is 2.06. The number of rotatable bonds is 2. The van der Waals surface area contributed by atoms with Gasteiger partial charge in [0.1, 0.15) is 13.7 Å². The number of hydrogen-bond donors (Lipinski definition) is 2. The predicted molar refractivity (Wildman–Crippen MR) is 64.8 cm³/mol. The van der Waals surface area contributed by atoms with E-state index in [1.807, 2.05) is 25.3 Å². The summed E-state index contributed by atoms with van der Waals surface area (Å²) in [5, 5.41) is 0. The molecule has 3 N–H and O–H groups in total. The van der Waals surface area contributed by atoms with E-state index < -0.39 is 0 Å². The summed E-state index contributed by atoms with van der Waals surface area (Å²) in [7, 11) is 2.07. The lowest BCUT2D eigenvalue weighted by Crippen LogP contribution is -2.06. The smallest absolute Gasteiger partial charge is 0.139 e. The van der Waals surface area contributed by atoms with E-state index in [9.17, 15) is 0 Å². The third-order valence-electron chi connectivity index (χ3n) is 2.34. The number of imidazole rings is 1. The lowest BCUT2D eigenvalue weighted by atomic mass is 9.94. The number of nitrogens with two attached hydrogens (primary N) is 1. The van der Waals surface area contributed by atoms with Crippen LogP contribution in [0.2, 0.25) is 0 Å². The highest BCUT2D eigenvalue weighted by molar-refractivity contribution is 6.32. The summed E-state index contributed by atoms with van der Waals surface area (Å²) < 4.78 is 0. The maximum Gasteiger partial charge on any atom is 0.139 e. The summed E-state index contributed by atoms with van der Waals surface area (Å²) in [5.74, 6) is 0.825. The van der Waals surface area contributed by atoms with Crippen molar-refractivity contribution in [2.75, 3.05) is 0 Å². The first-order chi connectivity index (χ1) is 7.16. The summed E-state index contributed by atoms with van der Waals surface area (Å²) in [5.41, 5.74) is 9.05. The van der Waals surface area contributed by atoms with Gasteiger partial charge in [-0.15, -0.1) is 0 Å². The molecule has 4 heteroatoms. The first kappa shape index (κ1) is 9.99. The molecule has 1 unspecified atom stereocenters. The summed E-state index contributed by atoms with van der Waals surface area (Å²) in [6.07, 6.45) is 1.90. The van der Waals surface area contributed by atoms with Crippen molar-refractivity contribution in [2.45, 2.75) is 13.0 Å². The van der Waals surface area contributed by atoms with Gasteiger partial charge in [-0.2, -0.15) is 0 Å². The first-order valence-electron chi connectivity index (χ1n) is 5.05. The highest BCUT2D eigenvalue weighted by atomic mass is 14.9. The number of nitrogens with one attached hydrogen (secondary N) is 1. The molecular weight excluding hydrogens is 185 g/mol. The van der Waals surface area contributed by atoms with E-state index in [4.69, 9.17) is 5.73 Å². The van der Waals surface area contributed by atoms with E-state index in [2.05, 4.69) is 29.9 Å². The molecule has 0 bridgehead atoms. The molecule has 0 spiro atoms. The summed E-state index contributed by atoms with van der Waals surface area (Å²) >= 11 is 0. The lowest BCUT2D eigenvalue weighted by molar-refractivity contribution is 0.756. The van der Waals surface area contributed by atoms with Crippen molar-refractivity contribution < 1.29 is 0 Å². The zero-order valence-corrected chi connectivity index (χ0v) is 8.99. The fourth-order valence-electron chi connectivity index (χ4n) is 1.52. The SMILES string of the molecule is Bc1cccc(-c2c[nH]c(C(C)N)n2)c1. The molecule has 0 aliphatic rings. The van der Waals surface area contributed by atoms with Crippen LogP contribution >= 0.6 is 0 Å². The van der Waals surface area contributed by atoms with Gasteiger partial charge in [0, 0.05) is 11.8 Å². The van der Waals surface area contributed by atoms with Crippen LogP contribution < -0.4 is 11.2 Å². The Bertz CT molecular complexity index is 462. The molecule has 1 atom stereocenters. The third kappa shape index (κ3) is 2.10. The fraction of sp³-hybridized carbons (Fsp3) is 0.182. The maximum atomic E-state index is 5.74.